The summed E-state index contributed by atoms with van der Waals surface area (Å²) in [6.07, 6.45) is -0.625. The number of rotatable bonds is 3. The van der Waals surface area contributed by atoms with Crippen LogP contribution in [0.25, 0.3) is 0 Å². The molecule has 0 aliphatic rings. The number of hydrogen-bond acceptors (Lipinski definition) is 3. The first kappa shape index (κ1) is 12.5. The summed E-state index contributed by atoms with van der Waals surface area (Å²) >= 11 is 2.26. The topological polar surface area (TPSA) is 64.3 Å². The molecule has 2 atom stereocenters. The SMILES string of the molecule is CC#CC(CNC(=O)ON)C(C)I. The number of carbonyl (C=O) groups is 1. The van der Waals surface area contributed by atoms with Crippen LogP contribution in [0.5, 0.6) is 0 Å². The fourth-order valence-corrected chi connectivity index (χ4v) is 1.18. The van der Waals surface area contributed by atoms with Crippen molar-refractivity contribution in [2.75, 3.05) is 6.54 Å². The second-order valence-electron chi connectivity index (χ2n) is 2.46. The van der Waals surface area contributed by atoms with E-state index in [1.807, 2.05) is 6.92 Å². The van der Waals surface area contributed by atoms with Gasteiger partial charge in [0.25, 0.3) is 0 Å². The summed E-state index contributed by atoms with van der Waals surface area (Å²) in [4.78, 5) is 14.6. The van der Waals surface area contributed by atoms with Gasteiger partial charge < -0.3 is 10.2 Å². The molecule has 5 heteroatoms. The maximum atomic E-state index is 10.6. The Kier molecular flexibility index (Phi) is 6.72. The molecule has 3 N–H and O–H groups in total. The molecule has 0 aliphatic heterocycles. The van der Waals surface area contributed by atoms with Crippen molar-refractivity contribution in [2.45, 2.75) is 17.8 Å². The Balaban J connectivity index is 3.94. The van der Waals surface area contributed by atoms with Crippen molar-refractivity contribution in [3.8, 4) is 11.8 Å². The molecule has 0 heterocycles. The molecule has 0 aliphatic carbocycles. The van der Waals surface area contributed by atoms with E-state index in [2.05, 4.69) is 50.5 Å². The second kappa shape index (κ2) is 6.97. The Hall–Kier alpha value is -0.480. The van der Waals surface area contributed by atoms with Gasteiger partial charge in [-0.3, -0.25) is 0 Å². The van der Waals surface area contributed by atoms with Crippen LogP contribution < -0.4 is 11.2 Å². The highest BCUT2D eigenvalue weighted by Crippen LogP contribution is 2.11. The van der Waals surface area contributed by atoms with E-state index in [4.69, 9.17) is 0 Å². The van der Waals surface area contributed by atoms with Gasteiger partial charge in [0, 0.05) is 16.4 Å². The lowest BCUT2D eigenvalue weighted by atomic mass is 10.1. The van der Waals surface area contributed by atoms with Crippen molar-refractivity contribution in [1.29, 1.82) is 0 Å². The fourth-order valence-electron chi connectivity index (χ4n) is 0.749. The average Bonchev–Trinajstić information content (AvgIpc) is 2.11. The molecule has 0 aromatic carbocycles. The maximum absolute atomic E-state index is 10.6. The molecular formula is C8H13IN2O2. The summed E-state index contributed by atoms with van der Waals surface area (Å²) < 4.78 is 0.364. The van der Waals surface area contributed by atoms with Crippen LogP contribution in [0.15, 0.2) is 0 Å². The summed E-state index contributed by atoms with van der Waals surface area (Å²) in [5.41, 5.74) is 0. The Labute approximate surface area is 91.7 Å². The van der Waals surface area contributed by atoms with Crippen LogP contribution in [0.4, 0.5) is 4.79 Å². The minimum absolute atomic E-state index is 0.129. The summed E-state index contributed by atoms with van der Waals surface area (Å²) in [5, 5.41) is 2.51. The Morgan fingerprint density at radius 2 is 2.38 bits per heavy atom. The highest BCUT2D eigenvalue weighted by Gasteiger charge is 2.12. The van der Waals surface area contributed by atoms with E-state index in [1.54, 1.807) is 6.92 Å². The smallest absolute Gasteiger partial charge is 0.357 e. The molecule has 0 spiro atoms. The molecule has 0 aromatic rings. The van der Waals surface area contributed by atoms with Crippen LogP contribution in [0, 0.1) is 17.8 Å². The molecule has 0 aromatic heterocycles. The van der Waals surface area contributed by atoms with Gasteiger partial charge in [-0.25, -0.2) is 4.79 Å². The quantitative estimate of drug-likeness (QED) is 0.354. The number of alkyl halides is 1. The zero-order valence-corrected chi connectivity index (χ0v) is 9.79. The Morgan fingerprint density at radius 1 is 1.77 bits per heavy atom. The summed E-state index contributed by atoms with van der Waals surface area (Å²) in [5.74, 6) is 10.6. The van der Waals surface area contributed by atoms with E-state index in [0.29, 0.717) is 10.5 Å². The normalized spacial score (nSPS) is 13.5. The number of hydrogen-bond donors (Lipinski definition) is 2. The minimum Gasteiger partial charge on any atom is -0.357 e. The first-order valence-corrected chi connectivity index (χ1v) is 5.07. The van der Waals surface area contributed by atoms with Crippen LogP contribution in [0.2, 0.25) is 0 Å². The van der Waals surface area contributed by atoms with E-state index in [-0.39, 0.29) is 5.92 Å². The third kappa shape index (κ3) is 5.71. The van der Waals surface area contributed by atoms with Crippen LogP contribution in [-0.4, -0.2) is 16.6 Å². The van der Waals surface area contributed by atoms with Crippen molar-refractivity contribution in [3.05, 3.63) is 0 Å². The van der Waals surface area contributed by atoms with Gasteiger partial charge >= 0.3 is 6.09 Å². The standard InChI is InChI=1S/C8H13IN2O2/c1-3-4-7(6(2)9)5-11-8(12)13-10/h6-7H,5,10H2,1-2H3,(H,11,12). The van der Waals surface area contributed by atoms with Crippen molar-refractivity contribution < 1.29 is 9.63 Å². The van der Waals surface area contributed by atoms with Crippen LogP contribution in [0.3, 0.4) is 0 Å². The van der Waals surface area contributed by atoms with Crippen molar-refractivity contribution in [1.82, 2.24) is 5.32 Å². The highest BCUT2D eigenvalue weighted by molar-refractivity contribution is 14.1. The lowest BCUT2D eigenvalue weighted by Gasteiger charge is -2.13. The molecule has 0 saturated carbocycles. The summed E-state index contributed by atoms with van der Waals surface area (Å²) in [6.45, 7) is 4.26. The molecule has 74 valence electrons. The van der Waals surface area contributed by atoms with Gasteiger partial charge in [-0.1, -0.05) is 35.4 Å². The summed E-state index contributed by atoms with van der Waals surface area (Å²) in [6, 6.07) is 0. The molecular weight excluding hydrogens is 283 g/mol. The largest absolute Gasteiger partial charge is 0.425 e. The zero-order valence-electron chi connectivity index (χ0n) is 7.63. The zero-order chi connectivity index (χ0) is 10.3. The molecule has 0 saturated heterocycles. The van der Waals surface area contributed by atoms with Gasteiger partial charge in [0.1, 0.15) is 0 Å². The Bertz CT molecular complexity index is 220. The van der Waals surface area contributed by atoms with Crippen molar-refractivity contribution in [3.63, 3.8) is 0 Å². The first-order chi connectivity index (χ1) is 6.11. The van der Waals surface area contributed by atoms with Gasteiger partial charge in [-0.15, -0.1) is 5.92 Å². The highest BCUT2D eigenvalue weighted by atomic mass is 127. The fraction of sp³-hybridized carbons (Fsp3) is 0.625. The molecule has 2 unspecified atom stereocenters. The number of carbonyl (C=O) groups excluding carboxylic acids is 1. The second-order valence-corrected chi connectivity index (χ2v) is 4.43. The third-order valence-corrected chi connectivity index (χ3v) is 2.33. The number of nitrogens with two attached hydrogens (primary N) is 1. The predicted octanol–water partition coefficient (Wildman–Crippen LogP) is 1.05. The molecule has 0 bridgehead atoms. The molecule has 0 fully saturated rings. The van der Waals surface area contributed by atoms with E-state index in [1.165, 1.54) is 0 Å². The van der Waals surface area contributed by atoms with Crippen LogP contribution in [-0.2, 0) is 4.84 Å². The molecule has 1 amide bonds. The third-order valence-electron chi connectivity index (χ3n) is 1.46. The van der Waals surface area contributed by atoms with E-state index >= 15 is 0 Å². The lowest BCUT2D eigenvalue weighted by Crippen LogP contribution is -2.33. The number of amides is 1. The van der Waals surface area contributed by atoms with Gasteiger partial charge in [0.15, 0.2) is 0 Å². The maximum Gasteiger partial charge on any atom is 0.425 e. The number of nitrogens with one attached hydrogen (secondary N) is 1. The summed E-state index contributed by atoms with van der Waals surface area (Å²) in [7, 11) is 0. The van der Waals surface area contributed by atoms with Crippen molar-refractivity contribution >= 4 is 28.7 Å². The lowest BCUT2D eigenvalue weighted by molar-refractivity contribution is 0.147. The van der Waals surface area contributed by atoms with Gasteiger partial charge in [-0.05, 0) is 6.92 Å². The van der Waals surface area contributed by atoms with Gasteiger partial charge in [-0.2, -0.15) is 5.90 Å². The average molecular weight is 296 g/mol. The molecule has 4 nitrogen and oxygen atoms in total. The minimum atomic E-state index is -0.625. The first-order valence-electron chi connectivity index (χ1n) is 3.82. The monoisotopic (exact) mass is 296 g/mol. The van der Waals surface area contributed by atoms with Crippen LogP contribution >= 0.6 is 22.6 Å². The van der Waals surface area contributed by atoms with Crippen LogP contribution in [0.1, 0.15) is 13.8 Å². The molecule has 0 rings (SSSR count). The number of halogens is 1. The molecule has 13 heavy (non-hydrogen) atoms. The Morgan fingerprint density at radius 3 is 2.77 bits per heavy atom. The van der Waals surface area contributed by atoms with Gasteiger partial charge in [0.2, 0.25) is 0 Å². The van der Waals surface area contributed by atoms with E-state index in [9.17, 15) is 4.79 Å². The van der Waals surface area contributed by atoms with E-state index < -0.39 is 6.09 Å². The predicted molar refractivity (Wildman–Crippen MR) is 59.1 cm³/mol. The van der Waals surface area contributed by atoms with E-state index in [0.717, 1.165) is 0 Å². The van der Waals surface area contributed by atoms with Gasteiger partial charge in [0.05, 0.1) is 0 Å². The van der Waals surface area contributed by atoms with Crippen molar-refractivity contribution in [2.24, 2.45) is 11.8 Å². The molecule has 0 radical (unpaired) electrons.